The number of aryl methyl sites for hydroxylation is 1. The largest absolute Gasteiger partial charge is 0.384 e. The Bertz CT molecular complexity index is 574. The zero-order valence-corrected chi connectivity index (χ0v) is 12.2. The minimum Gasteiger partial charge on any atom is -0.384 e. The maximum Gasteiger partial charge on any atom is 0.137 e. The van der Waals surface area contributed by atoms with Gasteiger partial charge in [-0.15, -0.1) is 11.8 Å². The predicted octanol–water partition coefficient (Wildman–Crippen LogP) is 2.83. The average Bonchev–Trinajstić information content (AvgIpc) is 2.97. The van der Waals surface area contributed by atoms with Gasteiger partial charge in [-0.1, -0.05) is 13.0 Å². The lowest BCUT2D eigenvalue weighted by Gasteiger charge is -2.10. The van der Waals surface area contributed by atoms with Crippen LogP contribution in [0.15, 0.2) is 29.4 Å². The number of nitrogens with zero attached hydrogens (tertiary/aromatic N) is 3. The molecule has 0 aliphatic carbocycles. The Morgan fingerprint density at radius 1 is 1.45 bits per heavy atom. The molecule has 0 amide bonds. The van der Waals surface area contributed by atoms with Crippen molar-refractivity contribution in [2.45, 2.75) is 24.7 Å². The average molecular weight is 287 g/mol. The molecule has 0 bridgehead atoms. The van der Waals surface area contributed by atoms with Crippen molar-refractivity contribution in [3.8, 4) is 6.07 Å². The summed E-state index contributed by atoms with van der Waals surface area (Å²) in [4.78, 5) is 5.12. The van der Waals surface area contributed by atoms with Crippen LogP contribution >= 0.6 is 11.8 Å². The van der Waals surface area contributed by atoms with Gasteiger partial charge in [0.15, 0.2) is 0 Å². The van der Waals surface area contributed by atoms with E-state index in [9.17, 15) is 5.26 Å². The molecule has 1 aromatic carbocycles. The van der Waals surface area contributed by atoms with Gasteiger partial charge in [-0.25, -0.2) is 4.98 Å². The van der Waals surface area contributed by atoms with Crippen molar-refractivity contribution in [1.82, 2.24) is 15.2 Å². The Labute approximate surface area is 122 Å². The van der Waals surface area contributed by atoms with E-state index in [1.54, 1.807) is 11.8 Å². The first kappa shape index (κ1) is 14.4. The summed E-state index contributed by atoms with van der Waals surface area (Å²) < 4.78 is 0. The molecule has 1 aromatic heterocycles. The summed E-state index contributed by atoms with van der Waals surface area (Å²) in [6, 6.07) is 8.22. The second-order valence-corrected chi connectivity index (χ2v) is 5.49. The topological polar surface area (TPSA) is 77.4 Å². The van der Waals surface area contributed by atoms with E-state index in [2.05, 4.69) is 33.5 Å². The monoisotopic (exact) mass is 287 g/mol. The van der Waals surface area contributed by atoms with E-state index in [1.807, 2.05) is 18.2 Å². The minimum absolute atomic E-state index is 0.735. The fraction of sp³-hybridized carbons (Fsp3) is 0.357. The van der Waals surface area contributed by atoms with Crippen LogP contribution in [-0.4, -0.2) is 27.5 Å². The third-order valence-corrected chi connectivity index (χ3v) is 3.75. The summed E-state index contributed by atoms with van der Waals surface area (Å²) in [5.74, 6) is 1.85. The van der Waals surface area contributed by atoms with Crippen molar-refractivity contribution in [1.29, 1.82) is 5.26 Å². The van der Waals surface area contributed by atoms with Gasteiger partial charge in [-0.2, -0.15) is 10.4 Å². The molecule has 20 heavy (non-hydrogen) atoms. The van der Waals surface area contributed by atoms with E-state index in [0.29, 0.717) is 0 Å². The number of anilines is 1. The summed E-state index contributed by atoms with van der Waals surface area (Å²) in [6.45, 7) is 2.89. The molecule has 0 aliphatic rings. The van der Waals surface area contributed by atoms with Crippen LogP contribution in [0.2, 0.25) is 0 Å². The summed E-state index contributed by atoms with van der Waals surface area (Å²) in [7, 11) is 0. The maximum absolute atomic E-state index is 9.31. The van der Waals surface area contributed by atoms with Crippen LogP contribution in [0, 0.1) is 11.3 Å². The van der Waals surface area contributed by atoms with E-state index in [-0.39, 0.29) is 0 Å². The fourth-order valence-electron chi connectivity index (χ4n) is 1.90. The Kier molecular flexibility index (Phi) is 5.44. The number of H-pyrrole nitrogens is 1. The van der Waals surface area contributed by atoms with E-state index in [0.717, 1.165) is 47.1 Å². The van der Waals surface area contributed by atoms with Gasteiger partial charge in [-0.05, 0) is 24.3 Å². The summed E-state index contributed by atoms with van der Waals surface area (Å²) in [5.41, 5.74) is 1.64. The molecule has 0 aliphatic heterocycles. The van der Waals surface area contributed by atoms with Crippen LogP contribution in [0.1, 0.15) is 24.7 Å². The molecular formula is C14H17N5S. The first-order valence-corrected chi connectivity index (χ1v) is 7.57. The zero-order chi connectivity index (χ0) is 14.2. The van der Waals surface area contributed by atoms with Gasteiger partial charge in [0, 0.05) is 17.9 Å². The van der Waals surface area contributed by atoms with Gasteiger partial charge in [0.1, 0.15) is 18.2 Å². The van der Waals surface area contributed by atoms with Crippen molar-refractivity contribution < 1.29 is 0 Å². The molecule has 0 unspecified atom stereocenters. The predicted molar refractivity (Wildman–Crippen MR) is 80.7 cm³/mol. The van der Waals surface area contributed by atoms with Crippen LogP contribution in [-0.2, 0) is 6.42 Å². The Hall–Kier alpha value is -2.00. The van der Waals surface area contributed by atoms with Crippen LogP contribution < -0.4 is 5.32 Å². The third-order valence-electron chi connectivity index (χ3n) is 2.81. The van der Waals surface area contributed by atoms with E-state index in [4.69, 9.17) is 0 Å². The van der Waals surface area contributed by atoms with E-state index >= 15 is 0 Å². The summed E-state index contributed by atoms with van der Waals surface area (Å²) in [6.07, 6.45) is 3.30. The fourth-order valence-corrected chi connectivity index (χ4v) is 2.69. The van der Waals surface area contributed by atoms with Crippen LogP contribution in [0.4, 0.5) is 5.69 Å². The minimum atomic E-state index is 0.735. The van der Waals surface area contributed by atoms with E-state index < -0.39 is 0 Å². The van der Waals surface area contributed by atoms with Crippen molar-refractivity contribution in [3.05, 3.63) is 35.9 Å². The molecule has 0 radical (unpaired) electrons. The molecule has 2 aromatic rings. The van der Waals surface area contributed by atoms with Gasteiger partial charge >= 0.3 is 0 Å². The van der Waals surface area contributed by atoms with Crippen LogP contribution in [0.3, 0.4) is 0 Å². The van der Waals surface area contributed by atoms with E-state index in [1.165, 1.54) is 6.33 Å². The van der Waals surface area contributed by atoms with Gasteiger partial charge in [-0.3, -0.25) is 5.10 Å². The van der Waals surface area contributed by atoms with Gasteiger partial charge in [0.2, 0.25) is 0 Å². The first-order valence-electron chi connectivity index (χ1n) is 6.59. The highest BCUT2D eigenvalue weighted by Gasteiger charge is 2.07. The highest BCUT2D eigenvalue weighted by molar-refractivity contribution is 7.99. The SMILES string of the molecule is CCSc1cccc(NCCCc2ncn[nH]2)c1C#N. The lowest BCUT2D eigenvalue weighted by Crippen LogP contribution is -2.05. The lowest BCUT2D eigenvalue weighted by molar-refractivity contribution is 0.805. The highest BCUT2D eigenvalue weighted by Crippen LogP contribution is 2.27. The molecular weight excluding hydrogens is 270 g/mol. The maximum atomic E-state index is 9.31. The second kappa shape index (κ2) is 7.56. The number of nitrogens with one attached hydrogen (secondary N) is 2. The molecule has 0 spiro atoms. The highest BCUT2D eigenvalue weighted by atomic mass is 32.2. The molecule has 2 N–H and O–H groups in total. The molecule has 5 nitrogen and oxygen atoms in total. The summed E-state index contributed by atoms with van der Waals surface area (Å²) in [5, 5.41) is 19.3. The molecule has 0 saturated carbocycles. The zero-order valence-electron chi connectivity index (χ0n) is 11.4. The summed E-state index contributed by atoms with van der Waals surface area (Å²) >= 11 is 1.69. The quantitative estimate of drug-likeness (QED) is 0.605. The number of hydrogen-bond acceptors (Lipinski definition) is 5. The Balaban J connectivity index is 1.92. The number of benzene rings is 1. The molecule has 1 heterocycles. The van der Waals surface area contributed by atoms with Gasteiger partial charge in [0.25, 0.3) is 0 Å². The lowest BCUT2D eigenvalue weighted by atomic mass is 10.2. The van der Waals surface area contributed by atoms with Gasteiger partial charge in [0.05, 0.1) is 11.3 Å². The molecule has 0 atom stereocenters. The second-order valence-electron chi connectivity index (χ2n) is 4.19. The number of nitriles is 1. The van der Waals surface area contributed by atoms with Crippen molar-refractivity contribution in [2.24, 2.45) is 0 Å². The molecule has 6 heteroatoms. The molecule has 104 valence electrons. The number of aromatic amines is 1. The van der Waals surface area contributed by atoms with Crippen molar-refractivity contribution in [3.63, 3.8) is 0 Å². The molecule has 2 rings (SSSR count). The Morgan fingerprint density at radius 2 is 2.35 bits per heavy atom. The third kappa shape index (κ3) is 3.75. The Morgan fingerprint density at radius 3 is 3.05 bits per heavy atom. The van der Waals surface area contributed by atoms with Crippen molar-refractivity contribution in [2.75, 3.05) is 17.6 Å². The molecule has 0 fully saturated rings. The molecule has 0 saturated heterocycles. The van der Waals surface area contributed by atoms with Gasteiger partial charge < -0.3 is 5.32 Å². The number of hydrogen-bond donors (Lipinski definition) is 2. The number of thioether (sulfide) groups is 1. The van der Waals surface area contributed by atoms with Crippen LogP contribution in [0.5, 0.6) is 0 Å². The van der Waals surface area contributed by atoms with Crippen LogP contribution in [0.25, 0.3) is 0 Å². The smallest absolute Gasteiger partial charge is 0.137 e. The van der Waals surface area contributed by atoms with Crippen molar-refractivity contribution >= 4 is 17.4 Å². The standard InChI is InChI=1S/C14H17N5S/c1-2-20-13-6-3-5-12(11(13)9-15)16-8-4-7-14-17-10-18-19-14/h3,5-6,10,16H,2,4,7-8H2,1H3,(H,17,18,19). The number of rotatable bonds is 7. The normalized spacial score (nSPS) is 10.2. The first-order chi connectivity index (χ1) is 9.85. The number of aromatic nitrogens is 3.